The lowest BCUT2D eigenvalue weighted by atomic mass is 9.96. The molecule has 1 heterocycles. The first-order valence-corrected chi connectivity index (χ1v) is 7.45. The van der Waals surface area contributed by atoms with Crippen LogP contribution in [0, 0.1) is 6.92 Å². The third-order valence-corrected chi connectivity index (χ3v) is 3.93. The van der Waals surface area contributed by atoms with Crippen LogP contribution in [-0.2, 0) is 6.42 Å². The van der Waals surface area contributed by atoms with Crippen molar-refractivity contribution in [3.8, 4) is 0 Å². The van der Waals surface area contributed by atoms with E-state index in [1.54, 1.807) is 0 Å². The molecule has 1 aromatic heterocycles. The Labute approximate surface area is 130 Å². The van der Waals surface area contributed by atoms with Gasteiger partial charge in [0.1, 0.15) is 0 Å². The summed E-state index contributed by atoms with van der Waals surface area (Å²) >= 11 is 12.3. The maximum Gasteiger partial charge on any atom is 0.0439 e. The summed E-state index contributed by atoms with van der Waals surface area (Å²) in [6.07, 6.45) is 4.52. The molecule has 1 N–H and O–H groups in total. The van der Waals surface area contributed by atoms with Gasteiger partial charge in [-0.2, -0.15) is 0 Å². The molecule has 0 bridgehead atoms. The van der Waals surface area contributed by atoms with E-state index >= 15 is 0 Å². The predicted octanol–water partition coefficient (Wildman–Crippen LogP) is 4.59. The molecule has 4 heteroatoms. The van der Waals surface area contributed by atoms with Gasteiger partial charge < -0.3 is 5.32 Å². The van der Waals surface area contributed by atoms with Gasteiger partial charge in [0, 0.05) is 28.5 Å². The normalized spacial score (nSPS) is 12.4. The summed E-state index contributed by atoms with van der Waals surface area (Å²) in [5, 5.41) is 4.97. The van der Waals surface area contributed by atoms with Crippen LogP contribution in [0.2, 0.25) is 10.0 Å². The van der Waals surface area contributed by atoms with E-state index in [4.69, 9.17) is 23.2 Å². The van der Waals surface area contributed by atoms with Crippen LogP contribution in [0.15, 0.2) is 36.7 Å². The van der Waals surface area contributed by atoms with Crippen LogP contribution in [0.1, 0.15) is 29.7 Å². The number of nitrogens with zero attached hydrogens (tertiary/aromatic N) is 1. The van der Waals surface area contributed by atoms with Crippen molar-refractivity contribution in [1.82, 2.24) is 10.3 Å². The number of aromatic nitrogens is 1. The first-order chi connectivity index (χ1) is 9.61. The number of rotatable bonds is 5. The SMILES string of the molecule is CCNC(Cc1cc(Cl)ccc1Cl)c1ccncc1C. The van der Waals surface area contributed by atoms with E-state index in [0.717, 1.165) is 23.6 Å². The Kier molecular flexibility index (Phi) is 5.41. The molecular formula is C16H18Cl2N2. The minimum atomic E-state index is 0.207. The maximum atomic E-state index is 6.27. The molecular weight excluding hydrogens is 291 g/mol. The number of halogens is 2. The minimum absolute atomic E-state index is 0.207. The maximum absolute atomic E-state index is 6.27. The van der Waals surface area contributed by atoms with Crippen LogP contribution in [0.4, 0.5) is 0 Å². The van der Waals surface area contributed by atoms with Gasteiger partial charge in [-0.1, -0.05) is 30.1 Å². The molecule has 2 nitrogen and oxygen atoms in total. The largest absolute Gasteiger partial charge is 0.310 e. The molecule has 106 valence electrons. The molecule has 1 atom stereocenters. The van der Waals surface area contributed by atoms with Crippen molar-refractivity contribution in [2.24, 2.45) is 0 Å². The quantitative estimate of drug-likeness (QED) is 0.874. The molecule has 0 saturated carbocycles. The summed E-state index contributed by atoms with van der Waals surface area (Å²) in [5.74, 6) is 0. The Morgan fingerprint density at radius 3 is 2.75 bits per heavy atom. The lowest BCUT2D eigenvalue weighted by Crippen LogP contribution is -2.24. The van der Waals surface area contributed by atoms with E-state index in [1.165, 1.54) is 11.1 Å². The average Bonchev–Trinajstić information content (AvgIpc) is 2.43. The second-order valence-corrected chi connectivity index (χ2v) is 5.63. The van der Waals surface area contributed by atoms with Crippen LogP contribution >= 0.6 is 23.2 Å². The zero-order valence-electron chi connectivity index (χ0n) is 11.7. The van der Waals surface area contributed by atoms with E-state index in [-0.39, 0.29) is 6.04 Å². The van der Waals surface area contributed by atoms with Gasteiger partial charge in [-0.15, -0.1) is 0 Å². The zero-order chi connectivity index (χ0) is 14.5. The summed E-state index contributed by atoms with van der Waals surface area (Å²) in [6.45, 7) is 5.07. The van der Waals surface area contributed by atoms with Crippen LogP contribution in [-0.4, -0.2) is 11.5 Å². The number of benzene rings is 1. The molecule has 2 aromatic rings. The molecule has 1 unspecified atom stereocenters. The molecule has 20 heavy (non-hydrogen) atoms. The third kappa shape index (κ3) is 3.72. The topological polar surface area (TPSA) is 24.9 Å². The Bertz CT molecular complexity index is 584. The van der Waals surface area contributed by atoms with Gasteiger partial charge in [0.05, 0.1) is 0 Å². The fourth-order valence-electron chi connectivity index (χ4n) is 2.33. The van der Waals surface area contributed by atoms with Crippen LogP contribution in [0.3, 0.4) is 0 Å². The van der Waals surface area contributed by atoms with Crippen molar-refractivity contribution in [3.05, 3.63) is 63.4 Å². The number of likely N-dealkylation sites (N-methyl/N-ethyl adjacent to an activating group) is 1. The summed E-state index contributed by atoms with van der Waals surface area (Å²) in [4.78, 5) is 4.15. The molecule has 0 fully saturated rings. The first kappa shape index (κ1) is 15.3. The van der Waals surface area contributed by atoms with E-state index in [2.05, 4.69) is 30.2 Å². The summed E-state index contributed by atoms with van der Waals surface area (Å²) < 4.78 is 0. The number of hydrogen-bond donors (Lipinski definition) is 1. The fraction of sp³-hybridized carbons (Fsp3) is 0.312. The second kappa shape index (κ2) is 7.07. The van der Waals surface area contributed by atoms with Crippen molar-refractivity contribution < 1.29 is 0 Å². The number of hydrogen-bond acceptors (Lipinski definition) is 2. The van der Waals surface area contributed by atoms with Gasteiger partial charge in [0.2, 0.25) is 0 Å². The number of nitrogens with one attached hydrogen (secondary N) is 1. The van der Waals surface area contributed by atoms with E-state index in [1.807, 2.05) is 30.6 Å². The fourth-order valence-corrected chi connectivity index (χ4v) is 2.72. The van der Waals surface area contributed by atoms with Crippen LogP contribution in [0.25, 0.3) is 0 Å². The molecule has 0 amide bonds. The van der Waals surface area contributed by atoms with Gasteiger partial charge in [-0.05, 0) is 60.8 Å². The Hall–Kier alpha value is -1.09. The minimum Gasteiger partial charge on any atom is -0.310 e. The standard InChI is InChI=1S/C16H18Cl2N2/c1-3-20-16(14-6-7-19-10-11(14)2)9-12-8-13(17)4-5-15(12)18/h4-8,10,16,20H,3,9H2,1-2H3. The Morgan fingerprint density at radius 2 is 2.05 bits per heavy atom. The van der Waals surface area contributed by atoms with E-state index < -0.39 is 0 Å². The average molecular weight is 309 g/mol. The monoisotopic (exact) mass is 308 g/mol. The highest BCUT2D eigenvalue weighted by molar-refractivity contribution is 6.33. The first-order valence-electron chi connectivity index (χ1n) is 6.69. The van der Waals surface area contributed by atoms with Crippen molar-refractivity contribution in [2.75, 3.05) is 6.54 Å². The van der Waals surface area contributed by atoms with Gasteiger partial charge in [-0.3, -0.25) is 4.98 Å². The van der Waals surface area contributed by atoms with Crippen molar-refractivity contribution in [1.29, 1.82) is 0 Å². The smallest absolute Gasteiger partial charge is 0.0439 e. The van der Waals surface area contributed by atoms with Crippen LogP contribution in [0.5, 0.6) is 0 Å². The number of pyridine rings is 1. The van der Waals surface area contributed by atoms with Crippen molar-refractivity contribution in [3.63, 3.8) is 0 Å². The molecule has 0 spiro atoms. The van der Waals surface area contributed by atoms with Gasteiger partial charge in [0.25, 0.3) is 0 Å². The summed E-state index contributed by atoms with van der Waals surface area (Å²) in [7, 11) is 0. The second-order valence-electron chi connectivity index (χ2n) is 4.78. The lowest BCUT2D eigenvalue weighted by Gasteiger charge is -2.21. The molecule has 0 aliphatic rings. The van der Waals surface area contributed by atoms with Crippen molar-refractivity contribution in [2.45, 2.75) is 26.3 Å². The predicted molar refractivity (Wildman–Crippen MR) is 85.6 cm³/mol. The highest BCUT2D eigenvalue weighted by atomic mass is 35.5. The highest BCUT2D eigenvalue weighted by Gasteiger charge is 2.15. The van der Waals surface area contributed by atoms with E-state index in [9.17, 15) is 0 Å². The molecule has 2 rings (SSSR count). The molecule has 0 aliphatic carbocycles. The molecule has 0 aliphatic heterocycles. The Morgan fingerprint density at radius 1 is 1.25 bits per heavy atom. The van der Waals surface area contributed by atoms with Crippen LogP contribution < -0.4 is 5.32 Å². The molecule has 0 radical (unpaired) electrons. The number of aryl methyl sites for hydroxylation is 1. The van der Waals surface area contributed by atoms with Gasteiger partial charge in [-0.25, -0.2) is 0 Å². The highest BCUT2D eigenvalue weighted by Crippen LogP contribution is 2.27. The third-order valence-electron chi connectivity index (χ3n) is 3.32. The molecule has 0 saturated heterocycles. The van der Waals surface area contributed by atoms with Crippen molar-refractivity contribution >= 4 is 23.2 Å². The molecule has 1 aromatic carbocycles. The van der Waals surface area contributed by atoms with Gasteiger partial charge in [0.15, 0.2) is 0 Å². The van der Waals surface area contributed by atoms with Gasteiger partial charge >= 0.3 is 0 Å². The zero-order valence-corrected chi connectivity index (χ0v) is 13.2. The lowest BCUT2D eigenvalue weighted by molar-refractivity contribution is 0.547. The van der Waals surface area contributed by atoms with E-state index in [0.29, 0.717) is 5.02 Å². The summed E-state index contributed by atoms with van der Waals surface area (Å²) in [6, 6.07) is 7.86. The summed E-state index contributed by atoms with van der Waals surface area (Å²) in [5.41, 5.74) is 3.48. The Balaban J connectivity index is 2.30.